The molecule has 1 aromatic carbocycles. The van der Waals surface area contributed by atoms with Crippen molar-refractivity contribution in [2.45, 2.75) is 32.6 Å². The monoisotopic (exact) mass is 470 g/mol. The molecule has 5 aromatic rings. The number of hydrogen-bond acceptors (Lipinski definition) is 6. The summed E-state index contributed by atoms with van der Waals surface area (Å²) in [7, 11) is 0. The number of urea groups is 1. The van der Waals surface area contributed by atoms with Gasteiger partial charge in [0.2, 0.25) is 0 Å². The Morgan fingerprint density at radius 3 is 2.77 bits per heavy atom. The molecule has 4 N–H and O–H groups in total. The van der Waals surface area contributed by atoms with Crippen molar-refractivity contribution in [1.82, 2.24) is 29.4 Å². The number of rotatable bonds is 3. The van der Waals surface area contributed by atoms with Gasteiger partial charge in [0.25, 0.3) is 0 Å². The van der Waals surface area contributed by atoms with Gasteiger partial charge in [-0.2, -0.15) is 0 Å². The van der Waals surface area contributed by atoms with Gasteiger partial charge in [-0.05, 0) is 38.8 Å². The van der Waals surface area contributed by atoms with E-state index in [1.165, 1.54) is 0 Å². The number of H-pyrrole nitrogens is 1. The van der Waals surface area contributed by atoms with E-state index in [0.717, 1.165) is 46.5 Å². The van der Waals surface area contributed by atoms with E-state index < -0.39 is 0 Å². The Morgan fingerprint density at radius 1 is 1.23 bits per heavy atom. The molecule has 1 aliphatic rings. The summed E-state index contributed by atoms with van der Waals surface area (Å²) in [5.74, 6) is 2.17. The summed E-state index contributed by atoms with van der Waals surface area (Å²) in [4.78, 5) is 27.5. The quantitative estimate of drug-likeness (QED) is 0.356. The second-order valence-electron chi connectivity index (χ2n) is 9.01. The number of aromatic amines is 1. The molecule has 6 rings (SSSR count). The van der Waals surface area contributed by atoms with Crippen molar-refractivity contribution in [2.24, 2.45) is 0 Å². The van der Waals surface area contributed by atoms with Crippen molar-refractivity contribution in [3.05, 3.63) is 60.0 Å². The predicted molar refractivity (Wildman–Crippen MR) is 133 cm³/mol. The number of aromatic nitrogens is 5. The first-order valence-corrected chi connectivity index (χ1v) is 11.7. The topological polar surface area (TPSA) is 130 Å². The third-order valence-electron chi connectivity index (χ3n) is 6.81. The van der Waals surface area contributed by atoms with Crippen LogP contribution < -0.4 is 11.1 Å². The summed E-state index contributed by atoms with van der Waals surface area (Å²) in [5.41, 5.74) is 11.2. The van der Waals surface area contributed by atoms with Gasteiger partial charge in [-0.15, -0.1) is 0 Å². The fourth-order valence-electron chi connectivity index (χ4n) is 4.95. The normalized spacial score (nSPS) is 14.7. The first-order valence-electron chi connectivity index (χ1n) is 11.7. The van der Waals surface area contributed by atoms with Crippen molar-refractivity contribution in [2.75, 3.05) is 24.1 Å². The number of benzene rings is 1. The Hall–Kier alpha value is -4.34. The largest absolute Gasteiger partial charge is 0.382 e. The summed E-state index contributed by atoms with van der Waals surface area (Å²) < 4.78 is 7.20. The third-order valence-corrected chi connectivity index (χ3v) is 6.81. The summed E-state index contributed by atoms with van der Waals surface area (Å²) in [6.07, 6.45) is 5.20. The molecule has 2 amide bonds. The third kappa shape index (κ3) is 3.58. The lowest BCUT2D eigenvalue weighted by Gasteiger charge is -2.31. The first-order chi connectivity index (χ1) is 17.0. The molecule has 178 valence electrons. The van der Waals surface area contributed by atoms with Crippen LogP contribution in [-0.4, -0.2) is 48.5 Å². The number of nitrogens with zero attached hydrogens (tertiary/aromatic N) is 5. The van der Waals surface area contributed by atoms with Gasteiger partial charge in [0.1, 0.15) is 34.2 Å². The molecule has 0 atom stereocenters. The van der Waals surface area contributed by atoms with Crippen LogP contribution in [0.15, 0.2) is 47.2 Å². The minimum atomic E-state index is -0.141. The van der Waals surface area contributed by atoms with Gasteiger partial charge < -0.3 is 25.5 Å². The molecule has 1 saturated heterocycles. The molecule has 35 heavy (non-hydrogen) atoms. The Kier molecular flexibility index (Phi) is 4.94. The number of para-hydroxylation sites is 1. The predicted octanol–water partition coefficient (Wildman–Crippen LogP) is 4.48. The zero-order chi connectivity index (χ0) is 24.1. The Morgan fingerprint density at radius 2 is 2.03 bits per heavy atom. The SMILES string of the molecule is Cc1noc(C)c1NC(=O)N1CCC(c2nc(-c3cc4ccccc4[nH]3)c3c(N)nccn23)CC1. The van der Waals surface area contributed by atoms with Crippen LogP contribution in [0.1, 0.15) is 36.0 Å². The number of likely N-dealkylation sites (tertiary alicyclic amines) is 1. The van der Waals surface area contributed by atoms with Crippen molar-refractivity contribution >= 4 is 34.0 Å². The number of hydrogen-bond donors (Lipinski definition) is 3. The summed E-state index contributed by atoms with van der Waals surface area (Å²) in [5, 5.41) is 7.96. The molecule has 10 nitrogen and oxygen atoms in total. The molecule has 0 spiro atoms. The number of carbonyl (C=O) groups excluding carboxylic acids is 1. The number of imidazole rings is 1. The highest BCUT2D eigenvalue weighted by molar-refractivity contribution is 5.92. The highest BCUT2D eigenvalue weighted by atomic mass is 16.5. The number of anilines is 2. The van der Waals surface area contributed by atoms with Crippen LogP contribution in [0.4, 0.5) is 16.3 Å². The lowest BCUT2D eigenvalue weighted by Crippen LogP contribution is -2.41. The second kappa shape index (κ2) is 8.15. The highest BCUT2D eigenvalue weighted by Gasteiger charge is 2.29. The van der Waals surface area contributed by atoms with Crippen LogP contribution in [-0.2, 0) is 0 Å². The average Bonchev–Trinajstić information content (AvgIpc) is 3.56. The molecule has 0 radical (unpaired) electrons. The van der Waals surface area contributed by atoms with Crippen LogP contribution >= 0.6 is 0 Å². The van der Waals surface area contributed by atoms with E-state index in [4.69, 9.17) is 15.2 Å². The average molecular weight is 471 g/mol. The molecular weight excluding hydrogens is 444 g/mol. The van der Waals surface area contributed by atoms with Crippen LogP contribution in [0.3, 0.4) is 0 Å². The molecule has 10 heteroatoms. The van der Waals surface area contributed by atoms with E-state index >= 15 is 0 Å². The maximum absolute atomic E-state index is 12.8. The number of aryl methyl sites for hydroxylation is 2. The highest BCUT2D eigenvalue weighted by Crippen LogP contribution is 2.35. The minimum absolute atomic E-state index is 0.141. The standard InChI is InChI=1S/C25H26N8O2/c1-14-20(15(2)35-31-14)30-25(34)32-10-7-16(8-11-32)24-29-21(22-23(26)27-9-12-33(22)24)19-13-17-5-3-4-6-18(17)28-19/h3-6,9,12-13,16,28H,7-8,10-11H2,1-2H3,(H2,26,27)(H,30,34). The van der Waals surface area contributed by atoms with Gasteiger partial charge in [0.15, 0.2) is 5.76 Å². The Bertz CT molecular complexity index is 1500. The van der Waals surface area contributed by atoms with Crippen molar-refractivity contribution < 1.29 is 9.32 Å². The molecule has 0 unspecified atom stereocenters. The summed E-state index contributed by atoms with van der Waals surface area (Å²) >= 11 is 0. The van der Waals surface area contributed by atoms with Gasteiger partial charge in [-0.3, -0.25) is 4.40 Å². The Labute approximate surface area is 201 Å². The van der Waals surface area contributed by atoms with E-state index in [9.17, 15) is 4.79 Å². The number of carbonyl (C=O) groups is 1. The summed E-state index contributed by atoms with van der Waals surface area (Å²) in [6.45, 7) is 4.84. The Balaban J connectivity index is 1.27. The van der Waals surface area contributed by atoms with E-state index in [-0.39, 0.29) is 11.9 Å². The number of piperidine rings is 1. The van der Waals surface area contributed by atoms with Crippen molar-refractivity contribution in [3.8, 4) is 11.4 Å². The molecule has 4 aromatic heterocycles. The molecule has 0 saturated carbocycles. The molecule has 1 aliphatic heterocycles. The lowest BCUT2D eigenvalue weighted by molar-refractivity contribution is 0.193. The number of nitrogens with two attached hydrogens (primary N) is 1. The number of nitrogens with one attached hydrogen (secondary N) is 2. The fourth-order valence-corrected chi connectivity index (χ4v) is 4.95. The van der Waals surface area contributed by atoms with Gasteiger partial charge >= 0.3 is 6.03 Å². The van der Waals surface area contributed by atoms with E-state index in [2.05, 4.69) is 32.6 Å². The van der Waals surface area contributed by atoms with Gasteiger partial charge in [-0.25, -0.2) is 14.8 Å². The van der Waals surface area contributed by atoms with Gasteiger partial charge in [0, 0.05) is 42.3 Å². The molecular formula is C25H26N8O2. The minimum Gasteiger partial charge on any atom is -0.382 e. The molecule has 0 aliphatic carbocycles. The van der Waals surface area contributed by atoms with Crippen molar-refractivity contribution in [3.63, 3.8) is 0 Å². The lowest BCUT2D eigenvalue weighted by atomic mass is 9.96. The van der Waals surface area contributed by atoms with Crippen LogP contribution in [0.2, 0.25) is 0 Å². The maximum atomic E-state index is 12.8. The zero-order valence-electron chi connectivity index (χ0n) is 19.6. The van der Waals surface area contributed by atoms with Gasteiger partial charge in [0.05, 0.1) is 5.69 Å². The van der Waals surface area contributed by atoms with E-state index in [1.807, 2.05) is 40.6 Å². The fraction of sp³-hybridized carbons (Fsp3) is 0.280. The van der Waals surface area contributed by atoms with Crippen molar-refractivity contribution in [1.29, 1.82) is 0 Å². The molecule has 5 heterocycles. The molecule has 0 bridgehead atoms. The maximum Gasteiger partial charge on any atom is 0.321 e. The van der Waals surface area contributed by atoms with Crippen LogP contribution in [0.25, 0.3) is 27.8 Å². The molecule has 1 fully saturated rings. The van der Waals surface area contributed by atoms with Crippen LogP contribution in [0.5, 0.6) is 0 Å². The summed E-state index contributed by atoms with van der Waals surface area (Å²) in [6, 6.07) is 10.1. The van der Waals surface area contributed by atoms with Gasteiger partial charge in [-0.1, -0.05) is 23.4 Å². The zero-order valence-corrected chi connectivity index (χ0v) is 19.6. The number of amides is 2. The van der Waals surface area contributed by atoms with E-state index in [0.29, 0.717) is 36.0 Å². The first kappa shape index (κ1) is 21.2. The smallest absolute Gasteiger partial charge is 0.321 e. The van der Waals surface area contributed by atoms with Crippen LogP contribution in [0, 0.1) is 13.8 Å². The number of nitrogen functional groups attached to an aromatic ring is 1. The van der Waals surface area contributed by atoms with E-state index in [1.54, 1.807) is 13.1 Å². The second-order valence-corrected chi connectivity index (χ2v) is 9.01. The number of fused-ring (bicyclic) bond motifs is 2.